The molecule has 2 rings (SSSR count). The Morgan fingerprint density at radius 2 is 2.06 bits per heavy atom. The van der Waals surface area contributed by atoms with Crippen LogP contribution in [-0.4, -0.2) is 23.2 Å². The second-order valence-electron chi connectivity index (χ2n) is 4.35. The van der Waals surface area contributed by atoms with Crippen molar-refractivity contribution in [3.05, 3.63) is 53.9 Å². The molecule has 1 heterocycles. The molecule has 3 nitrogen and oxygen atoms in total. The Balaban J connectivity index is 2.16. The summed E-state index contributed by atoms with van der Waals surface area (Å²) in [5.74, 6) is 0. The number of aliphatic hydroxyl groups excluding tert-OH is 1. The largest absolute Gasteiger partial charge is 0.395 e. The maximum Gasteiger partial charge on any atom is 0.0556 e. The van der Waals surface area contributed by atoms with Crippen molar-refractivity contribution in [3.8, 4) is 11.1 Å². The van der Waals surface area contributed by atoms with E-state index < -0.39 is 0 Å². The fourth-order valence-electron chi connectivity index (χ4n) is 1.89. The maximum atomic E-state index is 8.74. The highest BCUT2D eigenvalue weighted by atomic mass is 16.3. The molecule has 0 aliphatic carbocycles. The standard InChI is InChI=1S/C15H18N2O/c1-12-7-15(11-17-9-12)14-4-2-3-13(8-14)10-16-5-6-18/h2-4,7-9,11,16,18H,5-6,10H2,1H3. The van der Waals surface area contributed by atoms with E-state index in [0.717, 1.165) is 17.7 Å². The molecule has 0 aliphatic heterocycles. The fraction of sp³-hybridized carbons (Fsp3) is 0.267. The van der Waals surface area contributed by atoms with Crippen LogP contribution in [0.4, 0.5) is 0 Å². The molecule has 94 valence electrons. The lowest BCUT2D eigenvalue weighted by Gasteiger charge is -2.07. The Morgan fingerprint density at radius 3 is 2.83 bits per heavy atom. The van der Waals surface area contributed by atoms with E-state index in [1.807, 2.05) is 25.4 Å². The minimum absolute atomic E-state index is 0.168. The van der Waals surface area contributed by atoms with Crippen molar-refractivity contribution in [2.45, 2.75) is 13.5 Å². The summed E-state index contributed by atoms with van der Waals surface area (Å²) < 4.78 is 0. The van der Waals surface area contributed by atoms with Gasteiger partial charge in [-0.15, -0.1) is 0 Å². The molecule has 1 aromatic heterocycles. The quantitative estimate of drug-likeness (QED) is 0.790. The average Bonchev–Trinajstić information content (AvgIpc) is 2.39. The fourth-order valence-corrected chi connectivity index (χ4v) is 1.89. The molecule has 0 spiro atoms. The number of aliphatic hydroxyl groups is 1. The van der Waals surface area contributed by atoms with Gasteiger partial charge < -0.3 is 10.4 Å². The van der Waals surface area contributed by atoms with Crippen molar-refractivity contribution in [2.24, 2.45) is 0 Å². The zero-order valence-electron chi connectivity index (χ0n) is 10.6. The van der Waals surface area contributed by atoms with Crippen LogP contribution < -0.4 is 5.32 Å². The van der Waals surface area contributed by atoms with E-state index in [0.29, 0.717) is 6.54 Å². The Hall–Kier alpha value is -1.71. The highest BCUT2D eigenvalue weighted by molar-refractivity contribution is 5.63. The van der Waals surface area contributed by atoms with Gasteiger partial charge in [0.05, 0.1) is 6.61 Å². The van der Waals surface area contributed by atoms with Crippen molar-refractivity contribution in [3.63, 3.8) is 0 Å². The van der Waals surface area contributed by atoms with E-state index in [4.69, 9.17) is 5.11 Å². The van der Waals surface area contributed by atoms with E-state index in [1.54, 1.807) is 0 Å². The number of benzene rings is 1. The maximum absolute atomic E-state index is 8.74. The van der Waals surface area contributed by atoms with Gasteiger partial charge in [-0.1, -0.05) is 18.2 Å². The van der Waals surface area contributed by atoms with E-state index in [9.17, 15) is 0 Å². The first kappa shape index (κ1) is 12.7. The van der Waals surface area contributed by atoms with Crippen LogP contribution in [0, 0.1) is 6.92 Å². The predicted octanol–water partition coefficient (Wildman–Crippen LogP) is 2.14. The third-order valence-corrected chi connectivity index (χ3v) is 2.75. The van der Waals surface area contributed by atoms with E-state index >= 15 is 0 Å². The van der Waals surface area contributed by atoms with E-state index in [-0.39, 0.29) is 6.61 Å². The molecule has 0 unspecified atom stereocenters. The Kier molecular flexibility index (Phi) is 4.45. The highest BCUT2D eigenvalue weighted by Crippen LogP contribution is 2.20. The van der Waals surface area contributed by atoms with Gasteiger partial charge in [0, 0.05) is 31.0 Å². The molecule has 0 atom stereocenters. The highest BCUT2D eigenvalue weighted by Gasteiger charge is 2.00. The number of pyridine rings is 1. The number of nitrogens with one attached hydrogen (secondary N) is 1. The second-order valence-corrected chi connectivity index (χ2v) is 4.35. The normalized spacial score (nSPS) is 10.6. The van der Waals surface area contributed by atoms with Gasteiger partial charge in [0.25, 0.3) is 0 Å². The van der Waals surface area contributed by atoms with Crippen LogP contribution in [0.2, 0.25) is 0 Å². The second kappa shape index (κ2) is 6.28. The minimum Gasteiger partial charge on any atom is -0.395 e. The van der Waals surface area contributed by atoms with E-state index in [2.05, 4.69) is 34.6 Å². The molecular weight excluding hydrogens is 224 g/mol. The molecule has 0 aliphatic rings. The molecule has 0 saturated heterocycles. The Labute approximate surface area is 108 Å². The van der Waals surface area contributed by atoms with Gasteiger partial charge >= 0.3 is 0 Å². The van der Waals surface area contributed by atoms with Crippen LogP contribution >= 0.6 is 0 Å². The van der Waals surface area contributed by atoms with Crippen LogP contribution in [0.25, 0.3) is 11.1 Å². The first-order valence-electron chi connectivity index (χ1n) is 6.12. The first-order chi connectivity index (χ1) is 8.79. The molecule has 2 aromatic rings. The number of aromatic nitrogens is 1. The van der Waals surface area contributed by atoms with Crippen LogP contribution in [0.5, 0.6) is 0 Å². The third-order valence-electron chi connectivity index (χ3n) is 2.75. The van der Waals surface area contributed by atoms with Crippen LogP contribution in [0.1, 0.15) is 11.1 Å². The van der Waals surface area contributed by atoms with Gasteiger partial charge in [0.1, 0.15) is 0 Å². The Morgan fingerprint density at radius 1 is 1.17 bits per heavy atom. The Bertz CT molecular complexity index is 511. The summed E-state index contributed by atoms with van der Waals surface area (Å²) in [5.41, 5.74) is 4.69. The molecule has 0 saturated carbocycles. The first-order valence-corrected chi connectivity index (χ1v) is 6.12. The lowest BCUT2D eigenvalue weighted by Crippen LogP contribution is -2.17. The molecule has 0 bridgehead atoms. The zero-order chi connectivity index (χ0) is 12.8. The molecule has 2 N–H and O–H groups in total. The van der Waals surface area contributed by atoms with Crippen molar-refractivity contribution in [1.82, 2.24) is 10.3 Å². The number of aryl methyl sites for hydroxylation is 1. The summed E-state index contributed by atoms with van der Waals surface area (Å²) >= 11 is 0. The predicted molar refractivity (Wildman–Crippen MR) is 73.2 cm³/mol. The molecule has 0 fully saturated rings. The number of nitrogens with zero attached hydrogens (tertiary/aromatic N) is 1. The van der Waals surface area contributed by atoms with Crippen LogP contribution in [0.15, 0.2) is 42.7 Å². The number of rotatable bonds is 5. The third kappa shape index (κ3) is 3.39. The van der Waals surface area contributed by atoms with Gasteiger partial charge in [0.15, 0.2) is 0 Å². The van der Waals surface area contributed by atoms with Crippen LogP contribution in [-0.2, 0) is 6.54 Å². The summed E-state index contributed by atoms with van der Waals surface area (Å²) in [4.78, 5) is 4.22. The summed E-state index contributed by atoms with van der Waals surface area (Å²) in [7, 11) is 0. The smallest absolute Gasteiger partial charge is 0.0556 e. The van der Waals surface area contributed by atoms with Gasteiger partial charge in [-0.2, -0.15) is 0 Å². The molecule has 3 heteroatoms. The minimum atomic E-state index is 0.168. The lowest BCUT2D eigenvalue weighted by molar-refractivity contribution is 0.292. The summed E-state index contributed by atoms with van der Waals surface area (Å²) in [6.07, 6.45) is 3.74. The van der Waals surface area contributed by atoms with E-state index in [1.165, 1.54) is 11.1 Å². The van der Waals surface area contributed by atoms with Crippen LogP contribution in [0.3, 0.4) is 0 Å². The lowest BCUT2D eigenvalue weighted by atomic mass is 10.0. The molecule has 1 aromatic carbocycles. The summed E-state index contributed by atoms with van der Waals surface area (Å²) in [5, 5.41) is 11.9. The summed E-state index contributed by atoms with van der Waals surface area (Å²) in [6.45, 7) is 3.61. The SMILES string of the molecule is Cc1cncc(-c2cccc(CNCCO)c2)c1. The molecule has 18 heavy (non-hydrogen) atoms. The van der Waals surface area contributed by atoms with Gasteiger partial charge in [-0.25, -0.2) is 0 Å². The monoisotopic (exact) mass is 242 g/mol. The van der Waals surface area contributed by atoms with Gasteiger partial charge in [-0.3, -0.25) is 4.98 Å². The number of hydrogen-bond acceptors (Lipinski definition) is 3. The molecule has 0 amide bonds. The van der Waals surface area contributed by atoms with Crippen molar-refractivity contribution in [2.75, 3.05) is 13.2 Å². The molecule has 0 radical (unpaired) electrons. The van der Waals surface area contributed by atoms with Gasteiger partial charge in [-0.05, 0) is 35.7 Å². The number of hydrogen-bond donors (Lipinski definition) is 2. The average molecular weight is 242 g/mol. The molecular formula is C15H18N2O. The summed E-state index contributed by atoms with van der Waals surface area (Å²) in [6, 6.07) is 10.5. The van der Waals surface area contributed by atoms with Crippen molar-refractivity contribution < 1.29 is 5.11 Å². The van der Waals surface area contributed by atoms with Crippen molar-refractivity contribution in [1.29, 1.82) is 0 Å². The topological polar surface area (TPSA) is 45.2 Å². The van der Waals surface area contributed by atoms with Crippen molar-refractivity contribution >= 4 is 0 Å². The van der Waals surface area contributed by atoms with Gasteiger partial charge in [0.2, 0.25) is 0 Å². The zero-order valence-corrected chi connectivity index (χ0v) is 10.6.